The fraction of sp³-hybridized carbons (Fsp3) is 0.900. The summed E-state index contributed by atoms with van der Waals surface area (Å²) in [6.45, 7) is 5.15. The summed E-state index contributed by atoms with van der Waals surface area (Å²) in [4.78, 5) is 11.7. The fourth-order valence-electron chi connectivity index (χ4n) is 1.30. The van der Waals surface area contributed by atoms with Crippen molar-refractivity contribution >= 4 is 21.8 Å². The quantitative estimate of drug-likeness (QED) is 0.743. The zero-order chi connectivity index (χ0) is 9.84. The van der Waals surface area contributed by atoms with Crippen molar-refractivity contribution in [1.29, 1.82) is 0 Å². The highest BCUT2D eigenvalue weighted by Gasteiger charge is 2.29. The molecule has 0 aromatic heterocycles. The molecular weight excluding hydrogens is 230 g/mol. The highest BCUT2D eigenvalue weighted by Crippen LogP contribution is 2.28. The van der Waals surface area contributed by atoms with E-state index in [1.54, 1.807) is 0 Å². The summed E-state index contributed by atoms with van der Waals surface area (Å²) in [5.41, 5.74) is 0. The maximum Gasteiger partial charge on any atom is 0.223 e. The molecule has 1 saturated carbocycles. The van der Waals surface area contributed by atoms with E-state index in [2.05, 4.69) is 35.1 Å². The van der Waals surface area contributed by atoms with Crippen LogP contribution in [0.25, 0.3) is 0 Å². The lowest BCUT2D eigenvalue weighted by atomic mass is 10.1. The van der Waals surface area contributed by atoms with Crippen molar-refractivity contribution in [1.82, 2.24) is 5.32 Å². The summed E-state index contributed by atoms with van der Waals surface area (Å²) < 4.78 is 0. The number of hydrogen-bond acceptors (Lipinski definition) is 1. The lowest BCUT2D eigenvalue weighted by molar-refractivity contribution is -0.122. The molecular formula is C10H18BrNO. The van der Waals surface area contributed by atoms with Crippen molar-refractivity contribution < 1.29 is 4.79 Å². The number of amides is 1. The first-order valence-electron chi connectivity index (χ1n) is 5.01. The van der Waals surface area contributed by atoms with E-state index in [0.29, 0.717) is 16.7 Å². The molecule has 13 heavy (non-hydrogen) atoms. The maximum absolute atomic E-state index is 11.3. The van der Waals surface area contributed by atoms with E-state index in [1.807, 2.05) is 0 Å². The normalized spacial score (nSPS) is 18.8. The summed E-state index contributed by atoms with van der Waals surface area (Å²) in [5, 5.41) is 2.96. The van der Waals surface area contributed by atoms with Crippen molar-refractivity contribution in [2.75, 3.05) is 6.54 Å². The van der Waals surface area contributed by atoms with E-state index >= 15 is 0 Å². The Labute approximate surface area is 88.6 Å². The lowest BCUT2D eigenvalue weighted by Crippen LogP contribution is -2.31. The van der Waals surface area contributed by atoms with Gasteiger partial charge in [-0.25, -0.2) is 0 Å². The second-order valence-electron chi connectivity index (χ2n) is 4.25. The summed E-state index contributed by atoms with van der Waals surface area (Å²) in [5.74, 6) is 1.26. The third kappa shape index (κ3) is 4.65. The van der Waals surface area contributed by atoms with Crippen molar-refractivity contribution in [3.63, 3.8) is 0 Å². The molecule has 0 aromatic rings. The first kappa shape index (κ1) is 11.0. The molecule has 0 radical (unpaired) electrons. The van der Waals surface area contributed by atoms with Gasteiger partial charge in [-0.2, -0.15) is 0 Å². The van der Waals surface area contributed by atoms with Crippen LogP contribution in [0.15, 0.2) is 0 Å². The second-order valence-corrected chi connectivity index (χ2v) is 5.54. The predicted molar refractivity (Wildman–Crippen MR) is 57.9 cm³/mol. The van der Waals surface area contributed by atoms with Gasteiger partial charge in [0.05, 0.1) is 0 Å². The molecule has 0 aliphatic heterocycles. The summed E-state index contributed by atoms with van der Waals surface area (Å²) >= 11 is 3.56. The molecule has 1 amide bonds. The summed E-state index contributed by atoms with van der Waals surface area (Å²) in [6.07, 6.45) is 3.29. The lowest BCUT2D eigenvalue weighted by Gasteiger charge is -2.12. The van der Waals surface area contributed by atoms with Gasteiger partial charge in [0.1, 0.15) is 0 Å². The highest BCUT2D eigenvalue weighted by atomic mass is 79.9. The van der Waals surface area contributed by atoms with Gasteiger partial charge in [0.2, 0.25) is 5.91 Å². The van der Waals surface area contributed by atoms with E-state index < -0.39 is 0 Å². The standard InChI is InChI=1S/C10H18BrNO/c1-7(2)5-9(11)6-12-10(13)8-3-4-8/h7-9H,3-6H2,1-2H3,(H,12,13). The summed E-state index contributed by atoms with van der Waals surface area (Å²) in [7, 11) is 0. The maximum atomic E-state index is 11.3. The SMILES string of the molecule is CC(C)CC(Br)CNC(=O)C1CC1. The first-order valence-corrected chi connectivity index (χ1v) is 5.93. The van der Waals surface area contributed by atoms with Gasteiger partial charge in [-0.15, -0.1) is 0 Å². The van der Waals surface area contributed by atoms with Crippen LogP contribution in [0.5, 0.6) is 0 Å². The molecule has 76 valence electrons. The topological polar surface area (TPSA) is 29.1 Å². The minimum atomic E-state index is 0.244. The van der Waals surface area contributed by atoms with E-state index in [1.165, 1.54) is 0 Å². The Balaban J connectivity index is 2.06. The molecule has 0 saturated heterocycles. The second kappa shape index (κ2) is 4.99. The molecule has 0 heterocycles. The number of carbonyl (C=O) groups is 1. The third-order valence-corrected chi connectivity index (χ3v) is 2.87. The molecule has 1 rings (SSSR count). The fourth-order valence-corrected chi connectivity index (χ4v) is 2.21. The number of nitrogens with one attached hydrogen (secondary N) is 1. The first-order chi connectivity index (χ1) is 6.09. The van der Waals surface area contributed by atoms with Crippen LogP contribution < -0.4 is 5.32 Å². The van der Waals surface area contributed by atoms with Crippen LogP contribution in [-0.4, -0.2) is 17.3 Å². The van der Waals surface area contributed by atoms with Gasteiger partial charge >= 0.3 is 0 Å². The van der Waals surface area contributed by atoms with Crippen LogP contribution in [0.3, 0.4) is 0 Å². The number of carbonyl (C=O) groups excluding carboxylic acids is 1. The van der Waals surface area contributed by atoms with E-state index in [9.17, 15) is 4.79 Å². The van der Waals surface area contributed by atoms with Gasteiger partial charge < -0.3 is 5.32 Å². The Morgan fingerprint density at radius 2 is 2.15 bits per heavy atom. The molecule has 0 aromatic carbocycles. The Kier molecular flexibility index (Phi) is 4.23. The van der Waals surface area contributed by atoms with E-state index in [4.69, 9.17) is 0 Å². The minimum absolute atomic E-state index is 0.244. The van der Waals surface area contributed by atoms with E-state index in [-0.39, 0.29) is 5.91 Å². The molecule has 1 fully saturated rings. The van der Waals surface area contributed by atoms with Crippen molar-refractivity contribution in [3.05, 3.63) is 0 Å². The molecule has 1 N–H and O–H groups in total. The van der Waals surface area contributed by atoms with Gasteiger partial charge in [-0.3, -0.25) is 4.79 Å². The van der Waals surface area contributed by atoms with Crippen LogP contribution in [-0.2, 0) is 4.79 Å². The molecule has 0 spiro atoms. The van der Waals surface area contributed by atoms with Gasteiger partial charge in [-0.05, 0) is 25.2 Å². The Morgan fingerprint density at radius 3 is 2.62 bits per heavy atom. The third-order valence-electron chi connectivity index (χ3n) is 2.17. The van der Waals surface area contributed by atoms with Crippen LogP contribution in [0.1, 0.15) is 33.1 Å². The van der Waals surface area contributed by atoms with Crippen LogP contribution >= 0.6 is 15.9 Å². The number of hydrogen-bond donors (Lipinski definition) is 1. The molecule has 1 aliphatic carbocycles. The minimum Gasteiger partial charge on any atom is -0.355 e. The van der Waals surface area contributed by atoms with Crippen LogP contribution in [0.4, 0.5) is 0 Å². The number of rotatable bonds is 5. The van der Waals surface area contributed by atoms with Gasteiger partial charge in [0.25, 0.3) is 0 Å². The highest BCUT2D eigenvalue weighted by molar-refractivity contribution is 9.09. The van der Waals surface area contributed by atoms with Crippen molar-refractivity contribution in [2.45, 2.75) is 37.9 Å². The van der Waals surface area contributed by atoms with Crippen LogP contribution in [0.2, 0.25) is 0 Å². The molecule has 1 atom stereocenters. The predicted octanol–water partition coefficient (Wildman–Crippen LogP) is 2.32. The average molecular weight is 248 g/mol. The Bertz CT molecular complexity index is 178. The van der Waals surface area contributed by atoms with Gasteiger partial charge in [0.15, 0.2) is 0 Å². The zero-order valence-corrected chi connectivity index (χ0v) is 9.93. The Morgan fingerprint density at radius 1 is 1.54 bits per heavy atom. The van der Waals surface area contributed by atoms with Crippen molar-refractivity contribution in [3.8, 4) is 0 Å². The smallest absolute Gasteiger partial charge is 0.223 e. The monoisotopic (exact) mass is 247 g/mol. The summed E-state index contributed by atoms with van der Waals surface area (Å²) in [6, 6.07) is 0. The number of halogens is 1. The molecule has 1 unspecified atom stereocenters. The molecule has 0 bridgehead atoms. The zero-order valence-electron chi connectivity index (χ0n) is 8.35. The molecule has 1 aliphatic rings. The molecule has 2 nitrogen and oxygen atoms in total. The van der Waals surface area contributed by atoms with Crippen molar-refractivity contribution in [2.24, 2.45) is 11.8 Å². The van der Waals surface area contributed by atoms with E-state index in [0.717, 1.165) is 25.8 Å². The van der Waals surface area contributed by atoms with Gasteiger partial charge in [-0.1, -0.05) is 29.8 Å². The Hall–Kier alpha value is -0.0500. The average Bonchev–Trinajstić information content (AvgIpc) is 2.80. The largest absolute Gasteiger partial charge is 0.355 e. The number of alkyl halides is 1. The molecule has 3 heteroatoms. The van der Waals surface area contributed by atoms with Gasteiger partial charge in [0, 0.05) is 17.3 Å². The van der Waals surface area contributed by atoms with Crippen LogP contribution in [0, 0.1) is 11.8 Å².